The number of hydrogen-bond donors (Lipinski definition) is 1. The molecule has 1 amide bonds. The van der Waals surface area contributed by atoms with Crippen LogP contribution in [0.5, 0.6) is 0 Å². The molecule has 3 heteroatoms. The lowest BCUT2D eigenvalue weighted by Crippen LogP contribution is -2.49. The van der Waals surface area contributed by atoms with E-state index in [2.05, 4.69) is 25.7 Å². The summed E-state index contributed by atoms with van der Waals surface area (Å²) in [5.41, 5.74) is 5.89. The molecule has 1 heterocycles. The average Bonchev–Trinajstić information content (AvgIpc) is 2.60. The van der Waals surface area contributed by atoms with Crippen molar-refractivity contribution in [2.24, 2.45) is 23.0 Å². The lowest BCUT2D eigenvalue weighted by Gasteiger charge is -2.34. The molecule has 1 saturated heterocycles. The Bertz CT molecular complexity index is 329. The minimum absolute atomic E-state index is 0.0594. The minimum atomic E-state index is -0.294. The Morgan fingerprint density at radius 1 is 1.21 bits per heavy atom. The zero-order valence-electron chi connectivity index (χ0n) is 12.8. The Balaban J connectivity index is 2.00. The number of likely N-dealkylation sites (tertiary alicyclic amines) is 1. The largest absolute Gasteiger partial charge is 0.342 e. The van der Waals surface area contributed by atoms with Crippen LogP contribution in [0.15, 0.2) is 0 Å². The van der Waals surface area contributed by atoms with Crippen molar-refractivity contribution in [2.45, 2.75) is 65.3 Å². The molecule has 0 aromatic carbocycles. The summed E-state index contributed by atoms with van der Waals surface area (Å²) in [7, 11) is 0. The average molecular weight is 266 g/mol. The molecular weight excluding hydrogens is 236 g/mol. The molecule has 1 aliphatic heterocycles. The highest BCUT2D eigenvalue weighted by Crippen LogP contribution is 2.39. The first-order valence-corrected chi connectivity index (χ1v) is 8.00. The number of rotatable bonds is 2. The Morgan fingerprint density at radius 2 is 1.95 bits per heavy atom. The van der Waals surface area contributed by atoms with Crippen molar-refractivity contribution in [1.29, 1.82) is 0 Å². The van der Waals surface area contributed by atoms with E-state index in [0.29, 0.717) is 5.91 Å². The summed E-state index contributed by atoms with van der Waals surface area (Å²) in [5, 5.41) is 0. The van der Waals surface area contributed by atoms with Crippen molar-refractivity contribution in [3.8, 4) is 0 Å². The standard InChI is InChI=1S/C16H30N2O/c1-12(2)13-6-5-10-18(11-8-13)15(19)16(3)9-4-7-14(16)17/h12-14H,4-11,17H2,1-3H3. The molecule has 2 fully saturated rings. The third kappa shape index (κ3) is 2.96. The lowest BCUT2D eigenvalue weighted by molar-refractivity contribution is -0.141. The normalized spacial score (nSPS) is 36.6. The van der Waals surface area contributed by atoms with Gasteiger partial charge in [0.2, 0.25) is 5.91 Å². The van der Waals surface area contributed by atoms with E-state index in [9.17, 15) is 4.79 Å². The lowest BCUT2D eigenvalue weighted by atomic mass is 9.83. The van der Waals surface area contributed by atoms with E-state index in [1.165, 1.54) is 6.42 Å². The fraction of sp³-hybridized carbons (Fsp3) is 0.938. The van der Waals surface area contributed by atoms with Gasteiger partial charge in [-0.05, 0) is 50.9 Å². The monoisotopic (exact) mass is 266 g/mol. The van der Waals surface area contributed by atoms with Gasteiger partial charge in [-0.1, -0.05) is 20.3 Å². The van der Waals surface area contributed by atoms with Gasteiger partial charge in [-0.25, -0.2) is 0 Å². The van der Waals surface area contributed by atoms with Crippen molar-refractivity contribution in [3.63, 3.8) is 0 Å². The van der Waals surface area contributed by atoms with Crippen molar-refractivity contribution < 1.29 is 4.79 Å². The predicted molar refractivity (Wildman–Crippen MR) is 78.7 cm³/mol. The van der Waals surface area contributed by atoms with Crippen molar-refractivity contribution >= 4 is 5.91 Å². The van der Waals surface area contributed by atoms with Gasteiger partial charge in [0, 0.05) is 19.1 Å². The highest BCUT2D eigenvalue weighted by Gasteiger charge is 2.45. The summed E-state index contributed by atoms with van der Waals surface area (Å²) in [6.07, 6.45) is 6.66. The Morgan fingerprint density at radius 3 is 2.53 bits per heavy atom. The van der Waals surface area contributed by atoms with Gasteiger partial charge in [0.1, 0.15) is 0 Å². The summed E-state index contributed by atoms with van der Waals surface area (Å²) < 4.78 is 0. The van der Waals surface area contributed by atoms with Crippen molar-refractivity contribution in [3.05, 3.63) is 0 Å². The predicted octanol–water partition coefficient (Wildman–Crippen LogP) is 2.79. The Kier molecular flexibility index (Phi) is 4.54. The molecule has 0 radical (unpaired) electrons. The second-order valence-electron chi connectivity index (χ2n) is 7.14. The molecule has 110 valence electrons. The summed E-state index contributed by atoms with van der Waals surface area (Å²) >= 11 is 0. The molecule has 2 aliphatic rings. The van der Waals surface area contributed by atoms with Gasteiger partial charge in [0.15, 0.2) is 0 Å². The van der Waals surface area contributed by atoms with Crippen molar-refractivity contribution in [1.82, 2.24) is 4.90 Å². The van der Waals surface area contributed by atoms with Crippen LogP contribution in [0.4, 0.5) is 0 Å². The topological polar surface area (TPSA) is 46.3 Å². The maximum atomic E-state index is 12.8. The number of nitrogens with zero attached hydrogens (tertiary/aromatic N) is 1. The van der Waals surface area contributed by atoms with Crippen LogP contribution in [0.25, 0.3) is 0 Å². The van der Waals surface area contributed by atoms with Gasteiger partial charge in [-0.15, -0.1) is 0 Å². The molecular formula is C16H30N2O. The highest BCUT2D eigenvalue weighted by molar-refractivity contribution is 5.83. The molecule has 3 nitrogen and oxygen atoms in total. The highest BCUT2D eigenvalue weighted by atomic mass is 16.2. The molecule has 1 aliphatic carbocycles. The van der Waals surface area contributed by atoms with Crippen molar-refractivity contribution in [2.75, 3.05) is 13.1 Å². The van der Waals surface area contributed by atoms with Crippen LogP contribution in [0.1, 0.15) is 59.3 Å². The van der Waals surface area contributed by atoms with Gasteiger partial charge in [-0.3, -0.25) is 4.79 Å². The van der Waals surface area contributed by atoms with E-state index in [1.54, 1.807) is 0 Å². The van der Waals surface area contributed by atoms with E-state index < -0.39 is 0 Å². The minimum Gasteiger partial charge on any atom is -0.342 e. The quantitative estimate of drug-likeness (QED) is 0.835. The molecule has 2 rings (SSSR count). The molecule has 0 bridgehead atoms. The van der Waals surface area contributed by atoms with Crippen LogP contribution < -0.4 is 5.73 Å². The summed E-state index contributed by atoms with van der Waals surface area (Å²) in [6, 6.07) is 0.0594. The first-order valence-electron chi connectivity index (χ1n) is 8.00. The van der Waals surface area contributed by atoms with Crippen LogP contribution in [-0.2, 0) is 4.79 Å². The Hall–Kier alpha value is -0.570. The molecule has 2 N–H and O–H groups in total. The first kappa shape index (κ1) is 14.8. The maximum Gasteiger partial charge on any atom is 0.230 e. The summed E-state index contributed by atoms with van der Waals surface area (Å²) in [6.45, 7) is 8.55. The van der Waals surface area contributed by atoms with Gasteiger partial charge < -0.3 is 10.6 Å². The Labute approximate surface area is 117 Å². The van der Waals surface area contributed by atoms with E-state index >= 15 is 0 Å². The maximum absolute atomic E-state index is 12.8. The molecule has 3 atom stereocenters. The van der Waals surface area contributed by atoms with Crippen LogP contribution in [-0.4, -0.2) is 29.9 Å². The van der Waals surface area contributed by atoms with Crippen LogP contribution in [0.3, 0.4) is 0 Å². The number of nitrogens with two attached hydrogens (primary N) is 1. The third-order valence-corrected chi connectivity index (χ3v) is 5.52. The molecule has 1 saturated carbocycles. The number of amides is 1. The number of carbonyl (C=O) groups excluding carboxylic acids is 1. The summed E-state index contributed by atoms with van der Waals surface area (Å²) in [4.78, 5) is 14.9. The second-order valence-corrected chi connectivity index (χ2v) is 7.14. The van der Waals surface area contributed by atoms with Gasteiger partial charge in [-0.2, -0.15) is 0 Å². The van der Waals surface area contributed by atoms with Gasteiger partial charge in [0.25, 0.3) is 0 Å². The van der Waals surface area contributed by atoms with E-state index in [0.717, 1.165) is 57.0 Å². The zero-order valence-corrected chi connectivity index (χ0v) is 12.8. The first-order chi connectivity index (χ1) is 8.95. The molecule has 3 unspecified atom stereocenters. The molecule has 0 spiro atoms. The van der Waals surface area contributed by atoms with E-state index in [1.807, 2.05) is 0 Å². The third-order valence-electron chi connectivity index (χ3n) is 5.52. The van der Waals surface area contributed by atoms with Gasteiger partial charge >= 0.3 is 0 Å². The molecule has 0 aromatic rings. The molecule has 0 aromatic heterocycles. The van der Waals surface area contributed by atoms with E-state index in [4.69, 9.17) is 5.73 Å². The fourth-order valence-electron chi connectivity index (χ4n) is 3.81. The smallest absolute Gasteiger partial charge is 0.230 e. The van der Waals surface area contributed by atoms with Gasteiger partial charge in [0.05, 0.1) is 5.41 Å². The number of hydrogen-bond acceptors (Lipinski definition) is 2. The number of carbonyl (C=O) groups is 1. The van der Waals surface area contributed by atoms with Crippen LogP contribution in [0.2, 0.25) is 0 Å². The summed E-state index contributed by atoms with van der Waals surface area (Å²) in [5.74, 6) is 1.84. The van der Waals surface area contributed by atoms with Crippen LogP contribution >= 0.6 is 0 Å². The SMILES string of the molecule is CC(C)C1CCCN(C(=O)C2(C)CCCC2N)CC1. The second kappa shape index (κ2) is 5.82. The fourth-order valence-corrected chi connectivity index (χ4v) is 3.81. The zero-order chi connectivity index (χ0) is 14.0. The molecule has 19 heavy (non-hydrogen) atoms. The van der Waals surface area contributed by atoms with E-state index in [-0.39, 0.29) is 11.5 Å². The van der Waals surface area contributed by atoms with Crippen LogP contribution in [0, 0.1) is 17.3 Å².